The Morgan fingerprint density at radius 3 is 2.41 bits per heavy atom. The molecule has 2 unspecified atom stereocenters. The first-order valence-electron chi connectivity index (χ1n) is 10.5. The van der Waals surface area contributed by atoms with Gasteiger partial charge in [-0.2, -0.15) is 13.2 Å². The predicted molar refractivity (Wildman–Crippen MR) is 114 cm³/mol. The number of amides is 1. The van der Waals surface area contributed by atoms with Crippen molar-refractivity contribution < 1.29 is 27.5 Å². The van der Waals surface area contributed by atoms with Crippen LogP contribution in [0.2, 0.25) is 0 Å². The Balaban J connectivity index is 1.60. The van der Waals surface area contributed by atoms with Crippen LogP contribution in [0.4, 0.5) is 18.0 Å². The van der Waals surface area contributed by atoms with Crippen LogP contribution in [-0.2, 0) is 6.18 Å². The highest BCUT2D eigenvalue weighted by atomic mass is 19.4. The van der Waals surface area contributed by atoms with E-state index in [1.165, 1.54) is 17.0 Å². The first-order valence-corrected chi connectivity index (χ1v) is 10.5. The van der Waals surface area contributed by atoms with Crippen molar-refractivity contribution in [2.24, 2.45) is 5.41 Å². The van der Waals surface area contributed by atoms with E-state index < -0.39 is 17.8 Å². The first-order chi connectivity index (χ1) is 14.9. The van der Waals surface area contributed by atoms with E-state index in [0.717, 1.165) is 17.7 Å². The van der Waals surface area contributed by atoms with Crippen LogP contribution in [0.1, 0.15) is 50.7 Å². The molecule has 3 aromatic rings. The van der Waals surface area contributed by atoms with Crippen molar-refractivity contribution in [1.82, 2.24) is 9.88 Å². The monoisotopic (exact) mass is 446 g/mol. The number of aromatic nitrogens is 1. The molecule has 0 aliphatic carbocycles. The van der Waals surface area contributed by atoms with Crippen molar-refractivity contribution in [3.63, 3.8) is 0 Å². The Kier molecular flexibility index (Phi) is 5.43. The summed E-state index contributed by atoms with van der Waals surface area (Å²) < 4.78 is 44.3. The number of carbonyl (C=O) groups is 1. The van der Waals surface area contributed by atoms with Crippen LogP contribution >= 0.6 is 0 Å². The summed E-state index contributed by atoms with van der Waals surface area (Å²) in [6, 6.07) is 10.4. The van der Waals surface area contributed by atoms with Gasteiger partial charge in [-0.3, -0.25) is 0 Å². The van der Waals surface area contributed by atoms with Gasteiger partial charge in [-0.25, -0.2) is 9.78 Å². The molecule has 2 heterocycles. The van der Waals surface area contributed by atoms with Crippen molar-refractivity contribution in [2.45, 2.75) is 51.7 Å². The Hall–Kier alpha value is -3.03. The molecule has 1 saturated heterocycles. The van der Waals surface area contributed by atoms with Gasteiger partial charge in [0.1, 0.15) is 5.52 Å². The van der Waals surface area contributed by atoms with Crippen LogP contribution in [0, 0.1) is 5.41 Å². The maximum absolute atomic E-state index is 12.8. The summed E-state index contributed by atoms with van der Waals surface area (Å²) in [7, 11) is 0. The highest BCUT2D eigenvalue weighted by Crippen LogP contribution is 2.40. The minimum atomic E-state index is -4.39. The first kappa shape index (κ1) is 22.2. The number of hydrogen-bond acceptors (Lipinski definition) is 3. The smallest absolute Gasteiger partial charge is 0.416 e. The van der Waals surface area contributed by atoms with Crippen molar-refractivity contribution in [1.29, 1.82) is 0 Å². The SMILES string of the molecule is CC(C)(C)C1CC(c2ccc3nc(-c4ccc(C(F)(F)F)cc4)oc3c2)CCN1C(=O)O. The summed E-state index contributed by atoms with van der Waals surface area (Å²) in [5, 5.41) is 9.58. The van der Waals surface area contributed by atoms with Gasteiger partial charge in [0, 0.05) is 18.2 Å². The predicted octanol–water partition coefficient (Wildman–Crippen LogP) is 6.79. The molecule has 2 atom stereocenters. The maximum atomic E-state index is 12.8. The quantitative estimate of drug-likeness (QED) is 0.471. The molecule has 1 aliphatic heterocycles. The highest BCUT2D eigenvalue weighted by Gasteiger charge is 2.39. The minimum absolute atomic E-state index is 0.105. The fourth-order valence-electron chi connectivity index (χ4n) is 4.44. The molecule has 1 N–H and O–H groups in total. The lowest BCUT2D eigenvalue weighted by molar-refractivity contribution is -0.137. The van der Waals surface area contributed by atoms with Gasteiger partial charge in [-0.15, -0.1) is 0 Å². The van der Waals surface area contributed by atoms with Crippen molar-refractivity contribution in [2.75, 3.05) is 6.54 Å². The Morgan fingerprint density at radius 2 is 1.81 bits per heavy atom. The molecule has 170 valence electrons. The van der Waals surface area contributed by atoms with Gasteiger partial charge >= 0.3 is 12.3 Å². The Morgan fingerprint density at radius 1 is 1.12 bits per heavy atom. The number of oxazole rings is 1. The maximum Gasteiger partial charge on any atom is 0.416 e. The molecular formula is C24H25F3N2O3. The third-order valence-electron chi connectivity index (χ3n) is 6.19. The average Bonchev–Trinajstić information content (AvgIpc) is 3.15. The van der Waals surface area contributed by atoms with Gasteiger partial charge in [0.15, 0.2) is 5.58 Å². The Bertz CT molecular complexity index is 1130. The number of halogens is 3. The standard InChI is InChI=1S/C24H25F3N2O3/c1-23(2,3)20-13-16(10-11-29(20)22(30)31)15-6-9-18-19(12-15)32-21(28-18)14-4-7-17(8-5-14)24(25,26)27/h4-9,12,16,20H,10-11,13H2,1-3H3,(H,30,31). The second-order valence-electron chi connectivity index (χ2n) is 9.40. The van der Waals surface area contributed by atoms with E-state index in [-0.39, 0.29) is 23.3 Å². The van der Waals surface area contributed by atoms with E-state index in [9.17, 15) is 23.1 Å². The van der Waals surface area contributed by atoms with Crippen LogP contribution in [0.5, 0.6) is 0 Å². The molecule has 0 saturated carbocycles. The van der Waals surface area contributed by atoms with E-state index in [1.54, 1.807) is 0 Å². The van der Waals surface area contributed by atoms with Gasteiger partial charge in [-0.05, 0) is 66.1 Å². The summed E-state index contributed by atoms with van der Waals surface area (Å²) in [6.45, 7) is 6.61. The third kappa shape index (κ3) is 4.31. The molecule has 5 nitrogen and oxygen atoms in total. The van der Waals surface area contributed by atoms with Gasteiger partial charge in [0.2, 0.25) is 5.89 Å². The third-order valence-corrected chi connectivity index (χ3v) is 6.19. The summed E-state index contributed by atoms with van der Waals surface area (Å²) >= 11 is 0. The molecule has 0 spiro atoms. The molecule has 32 heavy (non-hydrogen) atoms. The summed E-state index contributed by atoms with van der Waals surface area (Å²) in [5.41, 5.74) is 1.79. The van der Waals surface area contributed by atoms with E-state index in [0.29, 0.717) is 36.0 Å². The van der Waals surface area contributed by atoms with E-state index in [2.05, 4.69) is 4.98 Å². The largest absolute Gasteiger partial charge is 0.465 e. The normalized spacial score (nSPS) is 20.0. The van der Waals surface area contributed by atoms with E-state index >= 15 is 0 Å². The van der Waals surface area contributed by atoms with Crippen LogP contribution in [0.3, 0.4) is 0 Å². The summed E-state index contributed by atoms with van der Waals surface area (Å²) in [4.78, 5) is 17.6. The lowest BCUT2D eigenvalue weighted by Crippen LogP contribution is -2.51. The number of benzene rings is 2. The molecule has 0 bridgehead atoms. The minimum Gasteiger partial charge on any atom is -0.465 e. The zero-order valence-corrected chi connectivity index (χ0v) is 18.1. The lowest BCUT2D eigenvalue weighted by Gasteiger charge is -2.44. The fraction of sp³-hybridized carbons (Fsp3) is 0.417. The molecule has 2 aromatic carbocycles. The topological polar surface area (TPSA) is 66.6 Å². The van der Waals surface area contributed by atoms with Crippen molar-refractivity contribution in [3.05, 3.63) is 53.6 Å². The molecule has 4 rings (SSSR count). The number of fused-ring (bicyclic) bond motifs is 1. The second-order valence-corrected chi connectivity index (χ2v) is 9.40. The molecule has 0 radical (unpaired) electrons. The summed E-state index contributed by atoms with van der Waals surface area (Å²) in [6.07, 6.45) is -3.86. The van der Waals surface area contributed by atoms with Crippen molar-refractivity contribution >= 4 is 17.2 Å². The van der Waals surface area contributed by atoms with Crippen LogP contribution < -0.4 is 0 Å². The number of rotatable bonds is 2. The number of alkyl halides is 3. The number of piperidine rings is 1. The van der Waals surface area contributed by atoms with E-state index in [4.69, 9.17) is 4.42 Å². The van der Waals surface area contributed by atoms with E-state index in [1.807, 2.05) is 39.0 Å². The Labute approximate surface area is 183 Å². The molecular weight excluding hydrogens is 421 g/mol. The highest BCUT2D eigenvalue weighted by molar-refractivity contribution is 5.77. The van der Waals surface area contributed by atoms with Crippen molar-refractivity contribution in [3.8, 4) is 11.5 Å². The summed E-state index contributed by atoms with van der Waals surface area (Å²) in [5.74, 6) is 0.443. The molecule has 8 heteroatoms. The van der Waals surface area contributed by atoms with Gasteiger partial charge in [-0.1, -0.05) is 26.8 Å². The number of hydrogen-bond donors (Lipinski definition) is 1. The molecule has 1 amide bonds. The number of carboxylic acid groups (broad SMARTS) is 1. The fourth-order valence-corrected chi connectivity index (χ4v) is 4.44. The van der Waals surface area contributed by atoms with Gasteiger partial charge < -0.3 is 14.4 Å². The van der Waals surface area contributed by atoms with Crippen LogP contribution in [-0.4, -0.2) is 33.7 Å². The number of likely N-dealkylation sites (tertiary alicyclic amines) is 1. The van der Waals surface area contributed by atoms with Gasteiger partial charge in [0.25, 0.3) is 0 Å². The second kappa shape index (κ2) is 7.83. The molecule has 1 aromatic heterocycles. The van der Waals surface area contributed by atoms with Crippen LogP contribution in [0.15, 0.2) is 46.9 Å². The lowest BCUT2D eigenvalue weighted by atomic mass is 9.75. The number of nitrogens with zero attached hydrogens (tertiary/aromatic N) is 2. The van der Waals surface area contributed by atoms with Gasteiger partial charge in [0.05, 0.1) is 5.56 Å². The zero-order chi connectivity index (χ0) is 23.3. The molecule has 1 aliphatic rings. The van der Waals surface area contributed by atoms with Crippen LogP contribution in [0.25, 0.3) is 22.6 Å². The zero-order valence-electron chi connectivity index (χ0n) is 18.1. The molecule has 1 fully saturated rings. The average molecular weight is 446 g/mol.